The first kappa shape index (κ1) is 14.8. The number of nitrogens with two attached hydrogens (primary N) is 1. The summed E-state index contributed by atoms with van der Waals surface area (Å²) in [7, 11) is 0. The van der Waals surface area contributed by atoms with Crippen molar-refractivity contribution in [2.24, 2.45) is 11.8 Å². The van der Waals surface area contributed by atoms with Gasteiger partial charge in [0.05, 0.1) is 11.3 Å². The number of anilines is 1. The molecule has 1 fully saturated rings. The lowest BCUT2D eigenvalue weighted by Crippen LogP contribution is -2.35. The fourth-order valence-electron chi connectivity index (χ4n) is 2.75. The Morgan fingerprint density at radius 1 is 1.35 bits per heavy atom. The Labute approximate surface area is 120 Å². The Balaban J connectivity index is 2.04. The van der Waals surface area contributed by atoms with Crippen molar-refractivity contribution in [1.29, 1.82) is 0 Å². The largest absolute Gasteiger partial charge is 0.349 e. The average molecular weight is 276 g/mol. The van der Waals surface area contributed by atoms with Crippen LogP contribution in [0.1, 0.15) is 55.1 Å². The van der Waals surface area contributed by atoms with Gasteiger partial charge in [-0.2, -0.15) is 0 Å². The minimum Gasteiger partial charge on any atom is -0.349 e. The second kappa shape index (κ2) is 6.70. The SMILES string of the molecule is Cc1cc(NN)c(C(=O)NC2CCCC(C)CC2)cn1. The van der Waals surface area contributed by atoms with Gasteiger partial charge < -0.3 is 10.7 Å². The zero-order valence-electron chi connectivity index (χ0n) is 12.3. The van der Waals surface area contributed by atoms with Gasteiger partial charge in [-0.3, -0.25) is 15.6 Å². The van der Waals surface area contributed by atoms with E-state index in [0.717, 1.165) is 24.5 Å². The first-order valence-electron chi connectivity index (χ1n) is 7.34. The fourth-order valence-corrected chi connectivity index (χ4v) is 2.75. The normalized spacial score (nSPS) is 22.9. The molecule has 0 saturated heterocycles. The van der Waals surface area contributed by atoms with Gasteiger partial charge in [0.2, 0.25) is 0 Å². The summed E-state index contributed by atoms with van der Waals surface area (Å²) >= 11 is 0. The lowest BCUT2D eigenvalue weighted by Gasteiger charge is -2.17. The fraction of sp³-hybridized carbons (Fsp3) is 0.600. The maximum absolute atomic E-state index is 12.4. The maximum atomic E-state index is 12.4. The molecule has 0 aromatic carbocycles. The van der Waals surface area contributed by atoms with Crippen LogP contribution in [-0.4, -0.2) is 16.9 Å². The molecule has 1 aliphatic rings. The van der Waals surface area contributed by atoms with Crippen LogP contribution in [0.4, 0.5) is 5.69 Å². The number of pyridine rings is 1. The van der Waals surface area contributed by atoms with Crippen molar-refractivity contribution in [3.05, 3.63) is 23.5 Å². The van der Waals surface area contributed by atoms with Crippen LogP contribution in [0.2, 0.25) is 0 Å². The summed E-state index contributed by atoms with van der Waals surface area (Å²) in [6, 6.07) is 2.05. The molecule has 1 aromatic rings. The minimum atomic E-state index is -0.0926. The first-order chi connectivity index (χ1) is 9.60. The van der Waals surface area contributed by atoms with E-state index in [1.54, 1.807) is 12.3 Å². The summed E-state index contributed by atoms with van der Waals surface area (Å²) in [4.78, 5) is 16.5. The van der Waals surface area contributed by atoms with E-state index >= 15 is 0 Å². The number of carbonyl (C=O) groups is 1. The van der Waals surface area contributed by atoms with Crippen molar-refractivity contribution >= 4 is 11.6 Å². The average Bonchev–Trinajstić information content (AvgIpc) is 2.63. The van der Waals surface area contributed by atoms with Crippen molar-refractivity contribution in [2.45, 2.75) is 52.0 Å². The molecule has 0 spiro atoms. The molecule has 1 aromatic heterocycles. The summed E-state index contributed by atoms with van der Waals surface area (Å²) in [6.45, 7) is 4.15. The summed E-state index contributed by atoms with van der Waals surface area (Å²) < 4.78 is 0. The van der Waals surface area contributed by atoms with Crippen molar-refractivity contribution in [1.82, 2.24) is 10.3 Å². The molecule has 110 valence electrons. The maximum Gasteiger partial charge on any atom is 0.255 e. The number of aryl methyl sites for hydroxylation is 1. The quantitative estimate of drug-likeness (QED) is 0.450. The highest BCUT2D eigenvalue weighted by molar-refractivity contribution is 5.99. The number of nitrogen functional groups attached to an aromatic ring is 1. The van der Waals surface area contributed by atoms with Gasteiger partial charge in [-0.25, -0.2) is 0 Å². The number of hydrogen-bond donors (Lipinski definition) is 3. The van der Waals surface area contributed by atoms with Crippen molar-refractivity contribution in [3.63, 3.8) is 0 Å². The Morgan fingerprint density at radius 2 is 2.15 bits per heavy atom. The molecule has 5 heteroatoms. The number of amides is 1. The van der Waals surface area contributed by atoms with Gasteiger partial charge in [0, 0.05) is 17.9 Å². The van der Waals surface area contributed by atoms with Crippen molar-refractivity contribution in [3.8, 4) is 0 Å². The molecule has 4 N–H and O–H groups in total. The number of hydrogen-bond acceptors (Lipinski definition) is 4. The molecular formula is C15H24N4O. The van der Waals surface area contributed by atoms with Crippen LogP contribution >= 0.6 is 0 Å². The zero-order chi connectivity index (χ0) is 14.5. The van der Waals surface area contributed by atoms with Gasteiger partial charge in [0.15, 0.2) is 0 Å². The van der Waals surface area contributed by atoms with Crippen molar-refractivity contribution in [2.75, 3.05) is 5.43 Å². The molecule has 1 saturated carbocycles. The van der Waals surface area contributed by atoms with Crippen LogP contribution in [0.5, 0.6) is 0 Å². The number of rotatable bonds is 3. The van der Waals surface area contributed by atoms with E-state index in [-0.39, 0.29) is 11.9 Å². The molecule has 1 amide bonds. The van der Waals surface area contributed by atoms with Crippen LogP contribution in [0.3, 0.4) is 0 Å². The number of nitrogens with zero attached hydrogens (tertiary/aromatic N) is 1. The molecular weight excluding hydrogens is 252 g/mol. The summed E-state index contributed by atoms with van der Waals surface area (Å²) in [6.07, 6.45) is 7.31. The standard InChI is InChI=1S/C15H24N4O/c1-10-4-3-5-12(7-6-10)18-15(20)13-9-17-11(2)8-14(13)19-16/h8-10,12H,3-7,16H2,1-2H3,(H,17,19)(H,18,20). The van der Waals surface area contributed by atoms with Gasteiger partial charge in [0.25, 0.3) is 5.91 Å². The second-order valence-corrected chi connectivity index (χ2v) is 5.80. The molecule has 0 aliphatic heterocycles. The molecule has 2 unspecified atom stereocenters. The zero-order valence-corrected chi connectivity index (χ0v) is 12.3. The number of carbonyl (C=O) groups excluding carboxylic acids is 1. The van der Waals surface area contributed by atoms with Crippen molar-refractivity contribution < 1.29 is 4.79 Å². The van der Waals surface area contributed by atoms with Gasteiger partial charge in [-0.15, -0.1) is 0 Å². The molecule has 1 heterocycles. The number of aromatic nitrogens is 1. The molecule has 5 nitrogen and oxygen atoms in total. The van der Waals surface area contributed by atoms with Gasteiger partial charge in [0.1, 0.15) is 0 Å². The third-order valence-corrected chi connectivity index (χ3v) is 4.03. The third-order valence-electron chi connectivity index (χ3n) is 4.03. The second-order valence-electron chi connectivity index (χ2n) is 5.80. The highest BCUT2D eigenvalue weighted by Gasteiger charge is 2.20. The lowest BCUT2D eigenvalue weighted by atomic mass is 10.0. The van der Waals surface area contributed by atoms with Gasteiger partial charge in [-0.05, 0) is 38.2 Å². The Morgan fingerprint density at radius 3 is 2.90 bits per heavy atom. The summed E-state index contributed by atoms with van der Waals surface area (Å²) in [5.41, 5.74) is 4.54. The Kier molecular flexibility index (Phi) is 4.95. The molecule has 0 bridgehead atoms. The summed E-state index contributed by atoms with van der Waals surface area (Å²) in [5.74, 6) is 6.15. The first-order valence-corrected chi connectivity index (χ1v) is 7.34. The van der Waals surface area contributed by atoms with E-state index in [4.69, 9.17) is 5.84 Å². The van der Waals surface area contributed by atoms with Crippen LogP contribution in [0, 0.1) is 12.8 Å². The smallest absolute Gasteiger partial charge is 0.255 e. The van der Waals surface area contributed by atoms with E-state index in [9.17, 15) is 4.79 Å². The topological polar surface area (TPSA) is 80.0 Å². The van der Waals surface area contributed by atoms with E-state index in [1.807, 2.05) is 6.92 Å². The van der Waals surface area contributed by atoms with E-state index in [1.165, 1.54) is 19.3 Å². The van der Waals surface area contributed by atoms with E-state index < -0.39 is 0 Å². The molecule has 2 atom stereocenters. The monoisotopic (exact) mass is 276 g/mol. The lowest BCUT2D eigenvalue weighted by molar-refractivity contribution is 0.0933. The van der Waals surface area contributed by atoms with Crippen LogP contribution in [0.25, 0.3) is 0 Å². The molecule has 0 radical (unpaired) electrons. The predicted molar refractivity (Wildman–Crippen MR) is 80.3 cm³/mol. The number of hydrazine groups is 1. The minimum absolute atomic E-state index is 0.0926. The molecule has 1 aliphatic carbocycles. The van der Waals surface area contributed by atoms with E-state index in [2.05, 4.69) is 22.7 Å². The Bertz CT molecular complexity index is 475. The van der Waals surface area contributed by atoms with Crippen LogP contribution in [0.15, 0.2) is 12.3 Å². The highest BCUT2D eigenvalue weighted by Crippen LogP contribution is 2.23. The van der Waals surface area contributed by atoms with Crippen LogP contribution < -0.4 is 16.6 Å². The summed E-state index contributed by atoms with van der Waals surface area (Å²) in [5, 5.41) is 3.12. The Hall–Kier alpha value is -1.62. The molecule has 20 heavy (non-hydrogen) atoms. The predicted octanol–water partition coefficient (Wildman–Crippen LogP) is 2.37. The van der Waals surface area contributed by atoms with E-state index in [0.29, 0.717) is 11.3 Å². The molecule has 2 rings (SSSR count). The van der Waals surface area contributed by atoms with Crippen LogP contribution in [-0.2, 0) is 0 Å². The highest BCUT2D eigenvalue weighted by atomic mass is 16.1. The van der Waals surface area contributed by atoms with Gasteiger partial charge >= 0.3 is 0 Å². The number of nitrogens with one attached hydrogen (secondary N) is 2. The third kappa shape index (κ3) is 3.70. The van der Waals surface area contributed by atoms with Gasteiger partial charge in [-0.1, -0.05) is 19.8 Å².